The number of halogens is 1. The SMILES string of the molecule is OC[C@H]1OC[C@H](I)[C@@H](O)[C@@H]1O. The lowest BCUT2D eigenvalue weighted by molar-refractivity contribution is -0.141. The number of alkyl halides is 1. The molecule has 0 aliphatic carbocycles. The zero-order chi connectivity index (χ0) is 8.43. The molecule has 1 rings (SSSR count). The Kier molecular flexibility index (Phi) is 3.51. The van der Waals surface area contributed by atoms with Crippen molar-refractivity contribution in [3.8, 4) is 0 Å². The van der Waals surface area contributed by atoms with Gasteiger partial charge in [-0.05, 0) is 0 Å². The van der Waals surface area contributed by atoms with Crippen LogP contribution in [0.25, 0.3) is 0 Å². The van der Waals surface area contributed by atoms with Crippen LogP contribution in [-0.4, -0.2) is 50.8 Å². The summed E-state index contributed by atoms with van der Waals surface area (Å²) in [6, 6.07) is 0. The Morgan fingerprint density at radius 2 is 2.00 bits per heavy atom. The molecule has 0 spiro atoms. The summed E-state index contributed by atoms with van der Waals surface area (Å²) < 4.78 is 4.96. The molecule has 4 nitrogen and oxygen atoms in total. The molecule has 3 N–H and O–H groups in total. The normalized spacial score (nSPS) is 45.8. The molecule has 0 aromatic heterocycles. The molecule has 66 valence electrons. The number of hydrogen-bond acceptors (Lipinski definition) is 4. The van der Waals surface area contributed by atoms with Gasteiger partial charge in [0.15, 0.2) is 0 Å². The molecule has 0 bridgehead atoms. The topological polar surface area (TPSA) is 69.9 Å². The summed E-state index contributed by atoms with van der Waals surface area (Å²) in [6.45, 7) is 0.131. The van der Waals surface area contributed by atoms with Gasteiger partial charge in [0.25, 0.3) is 0 Å². The van der Waals surface area contributed by atoms with Gasteiger partial charge in [0, 0.05) is 0 Å². The van der Waals surface area contributed by atoms with E-state index in [4.69, 9.17) is 9.84 Å². The number of rotatable bonds is 1. The molecule has 5 heteroatoms. The highest BCUT2D eigenvalue weighted by Crippen LogP contribution is 2.20. The summed E-state index contributed by atoms with van der Waals surface area (Å²) in [7, 11) is 0. The molecule has 1 fully saturated rings. The fraction of sp³-hybridized carbons (Fsp3) is 1.00. The smallest absolute Gasteiger partial charge is 0.109 e. The average molecular weight is 274 g/mol. The maximum absolute atomic E-state index is 9.30. The van der Waals surface area contributed by atoms with E-state index in [1.807, 2.05) is 22.6 Å². The second kappa shape index (κ2) is 3.99. The van der Waals surface area contributed by atoms with Crippen molar-refractivity contribution in [1.29, 1.82) is 0 Å². The van der Waals surface area contributed by atoms with Crippen LogP contribution >= 0.6 is 22.6 Å². The maximum atomic E-state index is 9.30. The minimum absolute atomic E-state index is 0.0922. The Morgan fingerprint density at radius 1 is 1.36 bits per heavy atom. The molecule has 1 saturated heterocycles. The highest BCUT2D eigenvalue weighted by molar-refractivity contribution is 14.1. The van der Waals surface area contributed by atoms with Crippen molar-refractivity contribution < 1.29 is 20.1 Å². The van der Waals surface area contributed by atoms with Gasteiger partial charge in [0.1, 0.15) is 12.2 Å². The second-order valence-electron chi connectivity index (χ2n) is 2.55. The van der Waals surface area contributed by atoms with Gasteiger partial charge in [-0.15, -0.1) is 0 Å². The van der Waals surface area contributed by atoms with Crippen molar-refractivity contribution in [2.75, 3.05) is 13.2 Å². The average Bonchev–Trinajstić information content (AvgIpc) is 2.01. The number of aliphatic hydroxyl groups excluding tert-OH is 3. The summed E-state index contributed by atoms with van der Waals surface area (Å²) in [5.74, 6) is 0. The molecule has 4 atom stereocenters. The van der Waals surface area contributed by atoms with E-state index in [-0.39, 0.29) is 10.5 Å². The van der Waals surface area contributed by atoms with Gasteiger partial charge in [-0.1, -0.05) is 22.6 Å². The van der Waals surface area contributed by atoms with Crippen LogP contribution < -0.4 is 0 Å². The summed E-state index contributed by atoms with van der Waals surface area (Å²) >= 11 is 2.01. The summed E-state index contributed by atoms with van der Waals surface area (Å²) in [5.41, 5.74) is 0. The monoisotopic (exact) mass is 274 g/mol. The van der Waals surface area contributed by atoms with Gasteiger partial charge < -0.3 is 20.1 Å². The first-order valence-electron chi connectivity index (χ1n) is 3.39. The van der Waals surface area contributed by atoms with Gasteiger partial charge in [0.05, 0.1) is 23.2 Å². The minimum Gasteiger partial charge on any atom is -0.394 e. The minimum atomic E-state index is -0.962. The highest BCUT2D eigenvalue weighted by atomic mass is 127. The standard InChI is InChI=1S/C6H11IO4/c7-3-2-11-4(1-8)6(10)5(3)9/h3-6,8-10H,1-2H2/t3-,4+,5+,6+/m0/s1. The van der Waals surface area contributed by atoms with Gasteiger partial charge in [-0.3, -0.25) is 0 Å². The predicted octanol–water partition coefficient (Wildman–Crippen LogP) is -1.10. The Labute approximate surface area is 78.3 Å². The van der Waals surface area contributed by atoms with Crippen molar-refractivity contribution in [2.45, 2.75) is 22.2 Å². The first-order valence-corrected chi connectivity index (χ1v) is 4.64. The van der Waals surface area contributed by atoms with Crippen molar-refractivity contribution in [3.63, 3.8) is 0 Å². The van der Waals surface area contributed by atoms with Crippen LogP contribution in [0.5, 0.6) is 0 Å². The zero-order valence-corrected chi connectivity index (χ0v) is 8.01. The van der Waals surface area contributed by atoms with Crippen LogP contribution in [0, 0.1) is 0 Å². The summed E-state index contributed by atoms with van der Waals surface area (Å²) in [5, 5.41) is 27.2. The molecule has 0 unspecified atom stereocenters. The fourth-order valence-corrected chi connectivity index (χ4v) is 1.64. The quantitative estimate of drug-likeness (QED) is 0.419. The van der Waals surface area contributed by atoms with E-state index < -0.39 is 18.3 Å². The van der Waals surface area contributed by atoms with E-state index in [0.717, 1.165) is 0 Å². The third-order valence-corrected chi connectivity index (χ3v) is 2.85. The van der Waals surface area contributed by atoms with Crippen LogP contribution in [0.1, 0.15) is 0 Å². The Balaban J connectivity index is 2.52. The van der Waals surface area contributed by atoms with E-state index in [0.29, 0.717) is 6.61 Å². The van der Waals surface area contributed by atoms with Crippen LogP contribution in [0.15, 0.2) is 0 Å². The molecule has 0 amide bonds. The lowest BCUT2D eigenvalue weighted by atomic mass is 10.0. The molecule has 0 radical (unpaired) electrons. The van der Waals surface area contributed by atoms with Crippen molar-refractivity contribution >= 4 is 22.6 Å². The van der Waals surface area contributed by atoms with Crippen LogP contribution in [-0.2, 0) is 4.74 Å². The molecule has 1 heterocycles. The molecule has 0 aromatic rings. The number of aliphatic hydroxyl groups is 3. The van der Waals surface area contributed by atoms with Crippen molar-refractivity contribution in [2.24, 2.45) is 0 Å². The van der Waals surface area contributed by atoms with E-state index >= 15 is 0 Å². The molecule has 1 aliphatic rings. The van der Waals surface area contributed by atoms with E-state index in [1.54, 1.807) is 0 Å². The number of ether oxygens (including phenoxy) is 1. The Hall–Kier alpha value is 0.570. The van der Waals surface area contributed by atoms with Gasteiger partial charge >= 0.3 is 0 Å². The van der Waals surface area contributed by atoms with Crippen molar-refractivity contribution in [1.82, 2.24) is 0 Å². The lowest BCUT2D eigenvalue weighted by Crippen LogP contribution is -2.51. The second-order valence-corrected chi connectivity index (χ2v) is 4.15. The first kappa shape index (κ1) is 9.66. The lowest BCUT2D eigenvalue weighted by Gasteiger charge is -2.34. The summed E-state index contributed by atoms with van der Waals surface area (Å²) in [4.78, 5) is 0. The number of hydrogen-bond donors (Lipinski definition) is 3. The predicted molar refractivity (Wildman–Crippen MR) is 46.6 cm³/mol. The third kappa shape index (κ3) is 2.03. The molecular formula is C6H11IO4. The zero-order valence-electron chi connectivity index (χ0n) is 5.85. The molecular weight excluding hydrogens is 263 g/mol. The van der Waals surface area contributed by atoms with Crippen LogP contribution in [0.2, 0.25) is 0 Å². The molecule has 11 heavy (non-hydrogen) atoms. The van der Waals surface area contributed by atoms with Crippen LogP contribution in [0.3, 0.4) is 0 Å². The van der Waals surface area contributed by atoms with Gasteiger partial charge in [0.2, 0.25) is 0 Å². The van der Waals surface area contributed by atoms with Gasteiger partial charge in [-0.2, -0.15) is 0 Å². The van der Waals surface area contributed by atoms with E-state index in [1.165, 1.54) is 0 Å². The Bertz CT molecular complexity index is 130. The highest BCUT2D eigenvalue weighted by Gasteiger charge is 2.36. The Morgan fingerprint density at radius 3 is 2.55 bits per heavy atom. The van der Waals surface area contributed by atoms with Crippen molar-refractivity contribution in [3.05, 3.63) is 0 Å². The largest absolute Gasteiger partial charge is 0.394 e. The molecule has 1 aliphatic heterocycles. The molecule has 0 aromatic carbocycles. The van der Waals surface area contributed by atoms with Gasteiger partial charge in [-0.25, -0.2) is 0 Å². The first-order chi connectivity index (χ1) is 5.16. The van der Waals surface area contributed by atoms with Crippen LogP contribution in [0.4, 0.5) is 0 Å². The van der Waals surface area contributed by atoms with E-state index in [9.17, 15) is 10.2 Å². The fourth-order valence-electron chi connectivity index (χ4n) is 1.01. The van der Waals surface area contributed by atoms with E-state index in [2.05, 4.69) is 0 Å². The summed E-state index contributed by atoms with van der Waals surface area (Å²) in [6.07, 6.45) is -2.38. The maximum Gasteiger partial charge on any atom is 0.109 e. The third-order valence-electron chi connectivity index (χ3n) is 1.75. The molecule has 0 saturated carbocycles.